The zero-order chi connectivity index (χ0) is 34.9. The van der Waals surface area contributed by atoms with Crippen LogP contribution in [0, 0.1) is 40.8 Å². The Bertz CT molecular complexity index is 1970. The second-order valence-corrected chi connectivity index (χ2v) is 13.8. The van der Waals surface area contributed by atoms with E-state index in [9.17, 15) is 28.7 Å². The summed E-state index contributed by atoms with van der Waals surface area (Å²) in [7, 11) is 2.82. The molecule has 0 spiro atoms. The maximum Gasteiger partial charge on any atom is 0.241 e. The molecule has 4 amide bonds. The number of allylic oxidation sites excluding steroid dienone is 3. The molecule has 2 heterocycles. The van der Waals surface area contributed by atoms with Crippen LogP contribution in [0.4, 0.5) is 15.8 Å². The van der Waals surface area contributed by atoms with Crippen LogP contribution >= 0.6 is 23.2 Å². The first-order valence-corrected chi connectivity index (χ1v) is 16.5. The number of anilines is 2. The molecule has 12 heteroatoms. The van der Waals surface area contributed by atoms with Crippen LogP contribution in [0.25, 0.3) is 6.08 Å². The summed E-state index contributed by atoms with van der Waals surface area (Å²) in [5, 5.41) is 10.7. The predicted octanol–water partition coefficient (Wildman–Crippen LogP) is 6.84. The number of aromatic hydroxyl groups is 1. The van der Waals surface area contributed by atoms with E-state index < -0.39 is 52.6 Å². The van der Waals surface area contributed by atoms with Gasteiger partial charge in [0.1, 0.15) is 5.82 Å². The van der Waals surface area contributed by atoms with E-state index in [2.05, 4.69) is 0 Å². The Balaban J connectivity index is 1.34. The number of rotatable bonds is 6. The molecule has 4 aliphatic rings. The number of phenols is 1. The van der Waals surface area contributed by atoms with Crippen LogP contribution in [0.3, 0.4) is 0 Å². The van der Waals surface area contributed by atoms with E-state index in [1.807, 2.05) is 12.2 Å². The number of fused-ring (bicyclic) bond motifs is 4. The Kier molecular flexibility index (Phi) is 8.07. The molecule has 3 aromatic carbocycles. The van der Waals surface area contributed by atoms with E-state index in [1.54, 1.807) is 49.4 Å². The highest BCUT2D eigenvalue weighted by Crippen LogP contribution is 2.61. The van der Waals surface area contributed by atoms with Crippen molar-refractivity contribution in [1.29, 1.82) is 0 Å². The Hall–Kier alpha value is -4.67. The van der Waals surface area contributed by atoms with Crippen LogP contribution in [-0.2, 0) is 19.2 Å². The highest BCUT2D eigenvalue weighted by atomic mass is 35.5. The van der Waals surface area contributed by atoms with Gasteiger partial charge in [-0.1, -0.05) is 47.0 Å². The van der Waals surface area contributed by atoms with Crippen molar-refractivity contribution in [2.24, 2.45) is 35.0 Å². The monoisotopic (exact) mass is 704 g/mol. The average Bonchev–Trinajstić information content (AvgIpc) is 3.46. The summed E-state index contributed by atoms with van der Waals surface area (Å²) in [6.45, 7) is 1.74. The summed E-state index contributed by atoms with van der Waals surface area (Å²) >= 11 is 12.2. The third-order valence-electron chi connectivity index (χ3n) is 10.6. The van der Waals surface area contributed by atoms with Gasteiger partial charge in [-0.3, -0.25) is 24.1 Å². The molecule has 1 saturated carbocycles. The fourth-order valence-electron chi connectivity index (χ4n) is 8.15. The molecule has 3 fully saturated rings. The summed E-state index contributed by atoms with van der Waals surface area (Å²) in [6, 6.07) is 13.4. The van der Waals surface area contributed by atoms with Crippen LogP contribution < -0.4 is 19.3 Å². The van der Waals surface area contributed by atoms with Gasteiger partial charge in [0.05, 0.1) is 53.8 Å². The molecule has 9 nitrogen and oxygen atoms in total. The Morgan fingerprint density at radius 3 is 2.16 bits per heavy atom. The number of amides is 4. The third kappa shape index (κ3) is 4.95. The highest BCUT2D eigenvalue weighted by molar-refractivity contribution is 6.32. The largest absolute Gasteiger partial charge is 0.502 e. The number of imide groups is 2. The maximum absolute atomic E-state index is 14.5. The van der Waals surface area contributed by atoms with E-state index in [1.165, 1.54) is 31.3 Å². The number of phenolic OH excluding ortho intramolecular Hbond substituents is 1. The number of halogens is 3. The van der Waals surface area contributed by atoms with Crippen LogP contribution in [-0.4, -0.2) is 43.0 Å². The Morgan fingerprint density at radius 2 is 1.53 bits per heavy atom. The normalized spacial score (nSPS) is 27.7. The molecule has 3 aromatic rings. The molecular weight excluding hydrogens is 674 g/mol. The zero-order valence-electron chi connectivity index (χ0n) is 26.7. The standard InChI is InChI=1S/C37H31Cl2FN2O7/c1-37-25(12-4-18-14-29(48-2)32(43)30(15-18)49-3)22-10-11-23-31(35(46)41(33(23)44)20-7-5-19(38)6-8-20)24(22)17-26(37)34(45)42(36(37)47)21-9-13-28(40)27(39)16-21/h4-10,12-16,23-26,31,43H,11,17H2,1-3H3. The average molecular weight is 706 g/mol. The van der Waals surface area contributed by atoms with E-state index in [4.69, 9.17) is 32.7 Å². The van der Waals surface area contributed by atoms with E-state index in [0.717, 1.165) is 16.5 Å². The zero-order valence-corrected chi connectivity index (χ0v) is 28.2. The molecular formula is C37H31Cl2FN2O7. The minimum absolute atomic E-state index is 0.142. The molecule has 2 aliphatic heterocycles. The summed E-state index contributed by atoms with van der Waals surface area (Å²) in [5.41, 5.74) is 0.616. The third-order valence-corrected chi connectivity index (χ3v) is 11.1. The van der Waals surface area contributed by atoms with Crippen LogP contribution in [0.1, 0.15) is 25.3 Å². The topological polar surface area (TPSA) is 113 Å². The van der Waals surface area contributed by atoms with Gasteiger partial charge in [-0.25, -0.2) is 9.29 Å². The first kappa shape index (κ1) is 32.9. The lowest BCUT2D eigenvalue weighted by Gasteiger charge is -2.47. The summed E-state index contributed by atoms with van der Waals surface area (Å²) < 4.78 is 24.8. The lowest BCUT2D eigenvalue weighted by atomic mass is 9.52. The van der Waals surface area contributed by atoms with Gasteiger partial charge in [0.25, 0.3) is 0 Å². The van der Waals surface area contributed by atoms with E-state index in [-0.39, 0.29) is 52.6 Å². The highest BCUT2D eigenvalue weighted by Gasteiger charge is 2.67. The lowest BCUT2D eigenvalue weighted by Crippen LogP contribution is -2.49. The number of nitrogens with zero attached hydrogens (tertiary/aromatic N) is 2. The van der Waals surface area contributed by atoms with Gasteiger partial charge in [-0.15, -0.1) is 0 Å². The van der Waals surface area contributed by atoms with Crippen molar-refractivity contribution in [1.82, 2.24) is 0 Å². The van der Waals surface area contributed by atoms with Crippen LogP contribution in [0.15, 0.2) is 72.3 Å². The molecule has 0 radical (unpaired) electrons. The SMILES string of the molecule is COc1cc(C=CC2C3=CCC4C(=O)N(c5ccc(Cl)cc5)C(=O)C4C3CC3C(=O)N(c4ccc(F)c(Cl)c4)C(=O)C23C)cc(OC)c1O. The van der Waals surface area contributed by atoms with E-state index in [0.29, 0.717) is 16.3 Å². The van der Waals surface area contributed by atoms with Gasteiger partial charge in [-0.05, 0) is 85.8 Å². The fourth-order valence-corrected chi connectivity index (χ4v) is 8.45. The maximum atomic E-state index is 14.5. The van der Waals surface area contributed by atoms with Crippen LogP contribution in [0.2, 0.25) is 10.0 Å². The smallest absolute Gasteiger partial charge is 0.241 e. The van der Waals surface area contributed by atoms with Gasteiger partial charge < -0.3 is 14.6 Å². The van der Waals surface area contributed by atoms with Gasteiger partial charge in [0, 0.05) is 10.9 Å². The minimum atomic E-state index is -1.31. The molecule has 0 bridgehead atoms. The lowest BCUT2D eigenvalue weighted by molar-refractivity contribution is -0.132. The summed E-state index contributed by atoms with van der Waals surface area (Å²) in [4.78, 5) is 59.0. The van der Waals surface area contributed by atoms with Crippen molar-refractivity contribution >= 4 is 64.3 Å². The number of hydrogen-bond acceptors (Lipinski definition) is 7. The van der Waals surface area contributed by atoms with Crippen LogP contribution in [0.5, 0.6) is 17.2 Å². The second kappa shape index (κ2) is 12.0. The first-order chi connectivity index (χ1) is 23.4. The van der Waals surface area contributed by atoms with Gasteiger partial charge in [0.15, 0.2) is 11.5 Å². The van der Waals surface area contributed by atoms with E-state index >= 15 is 0 Å². The molecule has 2 saturated heterocycles. The number of methoxy groups -OCH3 is 2. The predicted molar refractivity (Wildman–Crippen MR) is 181 cm³/mol. The molecule has 1 N–H and O–H groups in total. The molecule has 6 unspecified atom stereocenters. The Morgan fingerprint density at radius 1 is 0.878 bits per heavy atom. The van der Waals surface area contributed by atoms with Crippen molar-refractivity contribution in [3.8, 4) is 17.2 Å². The van der Waals surface area contributed by atoms with Gasteiger partial charge >= 0.3 is 0 Å². The van der Waals surface area contributed by atoms with Crippen molar-refractivity contribution in [2.45, 2.75) is 19.8 Å². The van der Waals surface area contributed by atoms with Crippen molar-refractivity contribution in [3.63, 3.8) is 0 Å². The molecule has 252 valence electrons. The Labute approximate surface area is 291 Å². The van der Waals surface area contributed by atoms with Gasteiger partial charge in [-0.2, -0.15) is 0 Å². The molecule has 6 atom stereocenters. The quantitative estimate of drug-likeness (QED) is 0.221. The number of carbonyl (C=O) groups is 4. The molecule has 7 rings (SSSR count). The summed E-state index contributed by atoms with van der Waals surface area (Å²) in [5.74, 6) is -5.68. The van der Waals surface area contributed by atoms with Crippen molar-refractivity contribution in [3.05, 3.63) is 93.7 Å². The number of benzene rings is 3. The first-order valence-electron chi connectivity index (χ1n) is 15.7. The number of ether oxygens (including phenoxy) is 2. The molecule has 49 heavy (non-hydrogen) atoms. The number of carbonyl (C=O) groups excluding carboxylic acids is 4. The van der Waals surface area contributed by atoms with Crippen molar-refractivity contribution < 1.29 is 38.1 Å². The van der Waals surface area contributed by atoms with Crippen molar-refractivity contribution in [2.75, 3.05) is 24.0 Å². The fraction of sp³-hybridized carbons (Fsp3) is 0.297. The molecule has 2 aliphatic carbocycles. The second-order valence-electron chi connectivity index (χ2n) is 12.9. The van der Waals surface area contributed by atoms with Gasteiger partial charge in [0.2, 0.25) is 29.4 Å². The molecule has 0 aromatic heterocycles. The number of hydrogen-bond donors (Lipinski definition) is 1. The minimum Gasteiger partial charge on any atom is -0.502 e. The summed E-state index contributed by atoms with van der Waals surface area (Å²) in [6.07, 6.45) is 5.94.